The number of hydrogen-bond donors (Lipinski definition) is 0. The summed E-state index contributed by atoms with van der Waals surface area (Å²) < 4.78 is 0. The van der Waals surface area contributed by atoms with E-state index in [-0.39, 0.29) is 11.8 Å². The number of aromatic nitrogens is 1. The number of pyridine rings is 1. The Morgan fingerprint density at radius 1 is 0.871 bits per heavy atom. The number of benzene rings is 2. The minimum Gasteiger partial charge on any atom is -0.366 e. The Balaban J connectivity index is 1.74. The smallest absolute Gasteiger partial charge is 0.282 e. The Labute approximate surface area is 182 Å². The number of imide groups is 1. The third kappa shape index (κ3) is 4.12. The molecule has 5 nitrogen and oxygen atoms in total. The van der Waals surface area contributed by atoms with Gasteiger partial charge in [-0.1, -0.05) is 48.0 Å². The highest BCUT2D eigenvalue weighted by Crippen LogP contribution is 2.34. The number of carbonyl (C=O) groups excluding carboxylic acids is 2. The van der Waals surface area contributed by atoms with Crippen LogP contribution < -0.4 is 4.90 Å². The first-order valence-electron chi connectivity index (χ1n) is 10.5. The van der Waals surface area contributed by atoms with Crippen molar-refractivity contribution in [3.8, 4) is 0 Å². The van der Waals surface area contributed by atoms with E-state index in [4.69, 9.17) is 0 Å². The van der Waals surface area contributed by atoms with Gasteiger partial charge < -0.3 is 4.90 Å². The van der Waals surface area contributed by atoms with E-state index in [1.807, 2.05) is 85.5 Å². The van der Waals surface area contributed by atoms with Crippen molar-refractivity contribution < 1.29 is 9.59 Å². The van der Waals surface area contributed by atoms with Crippen LogP contribution in [0.25, 0.3) is 5.57 Å². The maximum atomic E-state index is 13.6. The fourth-order valence-electron chi connectivity index (χ4n) is 3.85. The average Bonchev–Trinajstić information content (AvgIpc) is 3.06. The van der Waals surface area contributed by atoms with Gasteiger partial charge in [0.25, 0.3) is 11.8 Å². The van der Waals surface area contributed by atoms with Gasteiger partial charge in [0.1, 0.15) is 5.70 Å². The van der Waals surface area contributed by atoms with Gasteiger partial charge >= 0.3 is 0 Å². The molecule has 1 aliphatic rings. The van der Waals surface area contributed by atoms with Crippen LogP contribution in [-0.2, 0) is 16.0 Å². The third-order valence-corrected chi connectivity index (χ3v) is 5.53. The summed E-state index contributed by atoms with van der Waals surface area (Å²) in [5.74, 6) is -0.554. The second kappa shape index (κ2) is 8.96. The largest absolute Gasteiger partial charge is 0.366 e. The summed E-state index contributed by atoms with van der Waals surface area (Å²) in [5.41, 5.74) is 4.49. The zero-order valence-electron chi connectivity index (χ0n) is 17.8. The van der Waals surface area contributed by atoms with Crippen molar-refractivity contribution in [3.63, 3.8) is 0 Å². The predicted molar refractivity (Wildman–Crippen MR) is 122 cm³/mol. The molecular formula is C26H25N3O2. The summed E-state index contributed by atoms with van der Waals surface area (Å²) in [6.45, 7) is 5.24. The van der Waals surface area contributed by atoms with Crippen LogP contribution in [-0.4, -0.2) is 34.8 Å². The van der Waals surface area contributed by atoms with Crippen LogP contribution in [0.15, 0.2) is 84.8 Å². The molecule has 1 aliphatic heterocycles. The number of rotatable bonds is 7. The minimum absolute atomic E-state index is 0.274. The number of nitrogens with zero attached hydrogens (tertiary/aromatic N) is 3. The lowest BCUT2D eigenvalue weighted by molar-refractivity contribution is -0.120. The molecule has 0 fully saturated rings. The number of carbonyl (C=O) groups is 2. The quantitative estimate of drug-likeness (QED) is 0.546. The number of anilines is 1. The second-order valence-corrected chi connectivity index (χ2v) is 7.56. The summed E-state index contributed by atoms with van der Waals surface area (Å²) in [6.07, 6.45) is 4.29. The number of likely N-dealkylation sites (N-methyl/N-ethyl adjacent to an activating group) is 1. The molecule has 0 saturated heterocycles. The van der Waals surface area contributed by atoms with E-state index in [1.54, 1.807) is 12.4 Å². The normalized spacial score (nSPS) is 13.8. The molecule has 156 valence electrons. The molecule has 0 saturated carbocycles. The summed E-state index contributed by atoms with van der Waals surface area (Å²) in [4.78, 5) is 34.5. The van der Waals surface area contributed by atoms with Gasteiger partial charge in [-0.25, -0.2) is 4.90 Å². The molecule has 3 aromatic rings. The van der Waals surface area contributed by atoms with Crippen LogP contribution in [0.3, 0.4) is 0 Å². The Hall–Kier alpha value is -3.73. The van der Waals surface area contributed by atoms with E-state index in [1.165, 1.54) is 4.90 Å². The highest BCUT2D eigenvalue weighted by molar-refractivity contribution is 6.45. The van der Waals surface area contributed by atoms with Crippen LogP contribution >= 0.6 is 0 Å². The molecule has 0 spiro atoms. The topological polar surface area (TPSA) is 53.5 Å². The van der Waals surface area contributed by atoms with Crippen molar-refractivity contribution in [1.29, 1.82) is 0 Å². The van der Waals surface area contributed by atoms with E-state index in [9.17, 15) is 9.59 Å². The predicted octanol–water partition coefficient (Wildman–Crippen LogP) is 4.24. The monoisotopic (exact) mass is 411 g/mol. The molecule has 0 atom stereocenters. The number of aryl methyl sites for hydroxylation is 1. The van der Waals surface area contributed by atoms with Crippen molar-refractivity contribution >= 4 is 23.1 Å². The summed E-state index contributed by atoms with van der Waals surface area (Å²) in [7, 11) is 0. The average molecular weight is 412 g/mol. The zero-order chi connectivity index (χ0) is 21.8. The first-order valence-corrected chi connectivity index (χ1v) is 10.5. The van der Waals surface area contributed by atoms with Crippen molar-refractivity contribution in [3.05, 3.63) is 102 Å². The zero-order valence-corrected chi connectivity index (χ0v) is 17.8. The molecular weight excluding hydrogens is 386 g/mol. The Bertz CT molecular complexity index is 1110. The molecule has 1 aromatic heterocycles. The molecule has 4 rings (SSSR count). The Morgan fingerprint density at radius 3 is 2.19 bits per heavy atom. The Morgan fingerprint density at radius 2 is 1.55 bits per heavy atom. The van der Waals surface area contributed by atoms with Gasteiger partial charge in [0.2, 0.25) is 0 Å². The maximum absolute atomic E-state index is 13.6. The van der Waals surface area contributed by atoms with Gasteiger partial charge in [0.05, 0.1) is 11.3 Å². The third-order valence-electron chi connectivity index (χ3n) is 5.53. The standard InChI is InChI=1S/C26H25N3O2/c1-3-28(18-15-20-13-16-27-17-14-20)24-23(21-7-5-4-6-8-21)25(30)29(26(24)31)22-11-9-19(2)10-12-22/h4-14,16-17H,3,15,18H2,1-2H3. The van der Waals surface area contributed by atoms with Crippen molar-refractivity contribution in [2.45, 2.75) is 20.3 Å². The van der Waals surface area contributed by atoms with E-state index < -0.39 is 0 Å². The molecule has 5 heteroatoms. The molecule has 0 unspecified atom stereocenters. The highest BCUT2D eigenvalue weighted by Gasteiger charge is 2.42. The fraction of sp³-hybridized carbons (Fsp3) is 0.192. The molecule has 0 bridgehead atoms. The van der Waals surface area contributed by atoms with Crippen LogP contribution in [0, 0.1) is 6.92 Å². The lowest BCUT2D eigenvalue weighted by Gasteiger charge is -2.25. The summed E-state index contributed by atoms with van der Waals surface area (Å²) in [5, 5.41) is 0. The number of hydrogen-bond acceptors (Lipinski definition) is 4. The van der Waals surface area contributed by atoms with E-state index in [0.29, 0.717) is 30.0 Å². The molecule has 2 heterocycles. The molecule has 2 aromatic carbocycles. The van der Waals surface area contributed by atoms with Gasteiger partial charge in [0, 0.05) is 25.5 Å². The molecule has 0 aliphatic carbocycles. The summed E-state index contributed by atoms with van der Waals surface area (Å²) >= 11 is 0. The second-order valence-electron chi connectivity index (χ2n) is 7.56. The summed E-state index contributed by atoms with van der Waals surface area (Å²) in [6, 6.07) is 20.9. The fourth-order valence-corrected chi connectivity index (χ4v) is 3.85. The van der Waals surface area contributed by atoms with Gasteiger partial charge in [-0.15, -0.1) is 0 Å². The minimum atomic E-state index is -0.280. The lowest BCUT2D eigenvalue weighted by atomic mass is 10.0. The first-order chi connectivity index (χ1) is 15.1. The van der Waals surface area contributed by atoms with Crippen LogP contribution in [0.1, 0.15) is 23.6 Å². The molecule has 0 radical (unpaired) electrons. The van der Waals surface area contributed by atoms with Gasteiger partial charge in [-0.05, 0) is 55.7 Å². The highest BCUT2D eigenvalue weighted by atomic mass is 16.2. The lowest BCUT2D eigenvalue weighted by Crippen LogP contribution is -2.36. The van der Waals surface area contributed by atoms with Gasteiger partial charge in [0.15, 0.2) is 0 Å². The van der Waals surface area contributed by atoms with E-state index in [0.717, 1.165) is 23.1 Å². The number of amides is 2. The van der Waals surface area contributed by atoms with Crippen LogP contribution in [0.2, 0.25) is 0 Å². The molecule has 31 heavy (non-hydrogen) atoms. The Kier molecular flexibility index (Phi) is 5.94. The van der Waals surface area contributed by atoms with Crippen LogP contribution in [0.4, 0.5) is 5.69 Å². The van der Waals surface area contributed by atoms with E-state index in [2.05, 4.69) is 4.98 Å². The van der Waals surface area contributed by atoms with Crippen LogP contribution in [0.5, 0.6) is 0 Å². The van der Waals surface area contributed by atoms with Gasteiger partial charge in [-0.2, -0.15) is 0 Å². The SMILES string of the molecule is CCN(CCc1ccncc1)C1=C(c2ccccc2)C(=O)N(c2ccc(C)cc2)C1=O. The van der Waals surface area contributed by atoms with Crippen molar-refractivity contribution in [2.75, 3.05) is 18.0 Å². The van der Waals surface area contributed by atoms with Crippen molar-refractivity contribution in [2.24, 2.45) is 0 Å². The van der Waals surface area contributed by atoms with E-state index >= 15 is 0 Å². The molecule has 2 amide bonds. The van der Waals surface area contributed by atoms with Gasteiger partial charge in [-0.3, -0.25) is 14.6 Å². The first kappa shape index (κ1) is 20.5. The maximum Gasteiger partial charge on any atom is 0.282 e. The molecule has 0 N–H and O–H groups in total. The van der Waals surface area contributed by atoms with Crippen molar-refractivity contribution in [1.82, 2.24) is 9.88 Å².